The zero-order valence-electron chi connectivity index (χ0n) is 36.4. The molecule has 2 aromatic carbocycles. The predicted octanol–water partition coefficient (Wildman–Crippen LogP) is 4.83. The average Bonchev–Trinajstić information content (AvgIpc) is 3.17. The van der Waals surface area contributed by atoms with Crippen LogP contribution in [0.3, 0.4) is 0 Å². The molecule has 2 aromatic rings. The molecule has 15 heteroatoms. The molecule has 3 fully saturated rings. The minimum atomic E-state index is -2.23. The van der Waals surface area contributed by atoms with Gasteiger partial charge in [-0.3, -0.25) is 24.0 Å². The fourth-order valence-corrected chi connectivity index (χ4v) is 10.6. The number of rotatable bonds is 11. The minimum absolute atomic E-state index is 0.0850. The molecule has 0 aromatic heterocycles. The van der Waals surface area contributed by atoms with Crippen LogP contribution in [0.15, 0.2) is 71.8 Å². The number of ether oxygens (including phenoxy) is 7. The zero-order valence-corrected chi connectivity index (χ0v) is 36.4. The third-order valence-corrected chi connectivity index (χ3v) is 13.4. The van der Waals surface area contributed by atoms with Crippen molar-refractivity contribution in [3.05, 3.63) is 82.9 Å². The maximum absolute atomic E-state index is 14.4. The largest absolute Gasteiger partial charge is 0.462 e. The summed E-state index contributed by atoms with van der Waals surface area (Å²) in [5.41, 5.74) is -5.61. The molecular weight excluding hydrogens is 790 g/mol. The van der Waals surface area contributed by atoms with E-state index in [4.69, 9.17) is 33.2 Å². The molecular formula is C46H57NO14. The maximum atomic E-state index is 14.4. The highest BCUT2D eigenvalue weighted by atomic mass is 16.6. The Hall–Kier alpha value is -5.12. The van der Waals surface area contributed by atoms with Gasteiger partial charge in [0.05, 0.1) is 29.9 Å². The molecule has 61 heavy (non-hydrogen) atoms. The summed E-state index contributed by atoms with van der Waals surface area (Å²) in [4.78, 5) is 83.6. The Morgan fingerprint density at radius 2 is 1.36 bits per heavy atom. The molecule has 2 saturated carbocycles. The molecule has 3 aliphatic carbocycles. The van der Waals surface area contributed by atoms with E-state index in [9.17, 15) is 33.9 Å². The zero-order chi connectivity index (χ0) is 44.8. The molecule has 1 heterocycles. The molecule has 0 spiro atoms. The van der Waals surface area contributed by atoms with Crippen molar-refractivity contribution in [2.75, 3.05) is 20.7 Å². The summed E-state index contributed by atoms with van der Waals surface area (Å²) in [5.74, 6) is -5.92. The second kappa shape index (κ2) is 17.0. The highest BCUT2D eigenvalue weighted by molar-refractivity contribution is 5.89. The van der Waals surface area contributed by atoms with E-state index in [1.807, 2.05) is 49.3 Å². The first-order valence-electron chi connectivity index (χ1n) is 20.5. The Labute approximate surface area is 356 Å². The number of hydrogen-bond donors (Lipinski definition) is 1. The van der Waals surface area contributed by atoms with E-state index in [1.54, 1.807) is 58.0 Å². The SMILES string of the molecule is CC(=O)O[C@H]1C[C@H]2OC[C@@]2(OC(C)=O)[C@H]2[C@@H](OC(C)=O)[C@]3(O)C[C@H](OC(=O)C[C@H](c4ccccc4)N(C)C)C(C)=C([C@@H](OC(=O)c4ccccc4)[C@H](OC(C)=O)[C@]12C)C3(C)C. The van der Waals surface area contributed by atoms with Gasteiger partial charge in [0.2, 0.25) is 0 Å². The fraction of sp³-hybridized carbons (Fsp3) is 0.565. The van der Waals surface area contributed by atoms with Gasteiger partial charge in [-0.15, -0.1) is 0 Å². The van der Waals surface area contributed by atoms with Crippen LogP contribution in [-0.2, 0) is 57.1 Å². The lowest BCUT2D eigenvalue weighted by Crippen LogP contribution is -2.82. The maximum Gasteiger partial charge on any atom is 0.338 e. The number of carbonyl (C=O) groups is 6. The van der Waals surface area contributed by atoms with Gasteiger partial charge >= 0.3 is 35.8 Å². The number of benzene rings is 2. The molecule has 330 valence electrons. The van der Waals surface area contributed by atoms with Crippen molar-refractivity contribution < 1.29 is 67.0 Å². The molecule has 4 aliphatic rings. The Bertz CT molecular complexity index is 2070. The first kappa shape index (κ1) is 45.4. The van der Waals surface area contributed by atoms with Crippen LogP contribution in [-0.4, -0.2) is 114 Å². The molecule has 2 bridgehead atoms. The Morgan fingerprint density at radius 3 is 1.89 bits per heavy atom. The molecule has 1 aliphatic heterocycles. The van der Waals surface area contributed by atoms with Gasteiger partial charge in [-0.2, -0.15) is 0 Å². The Kier molecular flexibility index (Phi) is 12.6. The Morgan fingerprint density at radius 1 is 0.787 bits per heavy atom. The van der Waals surface area contributed by atoms with E-state index < -0.39 is 106 Å². The van der Waals surface area contributed by atoms with Crippen LogP contribution < -0.4 is 0 Å². The summed E-state index contributed by atoms with van der Waals surface area (Å²) in [6.07, 6.45) is -8.74. The lowest BCUT2D eigenvalue weighted by molar-refractivity contribution is -0.366. The summed E-state index contributed by atoms with van der Waals surface area (Å²) in [5, 5.41) is 13.8. The summed E-state index contributed by atoms with van der Waals surface area (Å²) in [7, 11) is 3.68. The van der Waals surface area contributed by atoms with E-state index >= 15 is 0 Å². The third kappa shape index (κ3) is 8.07. The molecule has 1 saturated heterocycles. The van der Waals surface area contributed by atoms with Crippen LogP contribution in [0.1, 0.15) is 96.6 Å². The summed E-state index contributed by atoms with van der Waals surface area (Å²) < 4.78 is 43.8. The van der Waals surface area contributed by atoms with Crippen LogP contribution in [0.2, 0.25) is 0 Å². The van der Waals surface area contributed by atoms with Crippen molar-refractivity contribution in [3.63, 3.8) is 0 Å². The van der Waals surface area contributed by atoms with Gasteiger partial charge < -0.3 is 43.2 Å². The molecule has 1 N–H and O–H groups in total. The van der Waals surface area contributed by atoms with Gasteiger partial charge in [0.25, 0.3) is 0 Å². The predicted molar refractivity (Wildman–Crippen MR) is 216 cm³/mol. The van der Waals surface area contributed by atoms with Gasteiger partial charge in [0, 0.05) is 52.0 Å². The molecule has 6 rings (SSSR count). The number of carbonyl (C=O) groups excluding carboxylic acids is 6. The third-order valence-electron chi connectivity index (χ3n) is 13.4. The average molecular weight is 848 g/mol. The van der Waals surface area contributed by atoms with Crippen molar-refractivity contribution in [1.82, 2.24) is 4.90 Å². The second-order valence-corrected chi connectivity index (χ2v) is 17.7. The minimum Gasteiger partial charge on any atom is -0.462 e. The quantitative estimate of drug-likeness (QED) is 0.184. The van der Waals surface area contributed by atoms with Crippen molar-refractivity contribution in [3.8, 4) is 0 Å². The number of fused-ring (bicyclic) bond motifs is 5. The van der Waals surface area contributed by atoms with Crippen LogP contribution in [0, 0.1) is 16.7 Å². The Balaban J connectivity index is 1.65. The van der Waals surface area contributed by atoms with Crippen molar-refractivity contribution in [2.45, 2.75) is 129 Å². The normalized spacial score (nSPS) is 32.9. The lowest BCUT2D eigenvalue weighted by atomic mass is 9.44. The van der Waals surface area contributed by atoms with E-state index in [0.29, 0.717) is 5.57 Å². The lowest BCUT2D eigenvalue weighted by Gasteiger charge is -2.69. The number of nitrogens with zero attached hydrogens (tertiary/aromatic N) is 1. The first-order chi connectivity index (χ1) is 28.6. The van der Waals surface area contributed by atoms with Crippen LogP contribution in [0.5, 0.6) is 0 Å². The number of hydrogen-bond acceptors (Lipinski definition) is 15. The first-order valence-corrected chi connectivity index (χ1v) is 20.5. The molecule has 0 amide bonds. The van der Waals surface area contributed by atoms with Crippen LogP contribution >= 0.6 is 0 Å². The van der Waals surface area contributed by atoms with E-state index in [-0.39, 0.29) is 37.0 Å². The molecule has 0 radical (unpaired) electrons. The topological polar surface area (TPSA) is 190 Å². The second-order valence-electron chi connectivity index (χ2n) is 17.7. The summed E-state index contributed by atoms with van der Waals surface area (Å²) in [6.45, 7) is 11.1. The molecule has 0 unspecified atom stereocenters. The van der Waals surface area contributed by atoms with E-state index in [0.717, 1.165) is 12.5 Å². The fourth-order valence-electron chi connectivity index (χ4n) is 10.6. The summed E-state index contributed by atoms with van der Waals surface area (Å²) in [6, 6.07) is 17.1. The van der Waals surface area contributed by atoms with Gasteiger partial charge in [-0.05, 0) is 49.9 Å². The highest BCUT2D eigenvalue weighted by Crippen LogP contribution is 2.66. The summed E-state index contributed by atoms with van der Waals surface area (Å²) >= 11 is 0. The molecule has 11 atom stereocenters. The van der Waals surface area contributed by atoms with Gasteiger partial charge in [0.15, 0.2) is 17.8 Å². The smallest absolute Gasteiger partial charge is 0.338 e. The van der Waals surface area contributed by atoms with Gasteiger partial charge in [-0.25, -0.2) is 4.79 Å². The van der Waals surface area contributed by atoms with Crippen molar-refractivity contribution in [1.29, 1.82) is 0 Å². The van der Waals surface area contributed by atoms with E-state index in [1.165, 1.54) is 20.8 Å². The highest BCUT2D eigenvalue weighted by Gasteiger charge is 2.79. The van der Waals surface area contributed by atoms with Crippen molar-refractivity contribution in [2.24, 2.45) is 16.7 Å². The van der Waals surface area contributed by atoms with Crippen LogP contribution in [0.4, 0.5) is 0 Å². The van der Waals surface area contributed by atoms with Crippen molar-refractivity contribution >= 4 is 35.8 Å². The standard InChI is InChI=1S/C46H57NO14/c1-25-33(59-36(52)21-32(47(9)10)30-17-13-11-14-18-30)23-46(54)41(58-28(4)50)39-44(8,34(56-26(2)48)22-35-45(39,24-55-35)61-29(5)51)40(57-27(3)49)38(37(25)43(46,6)7)60-42(53)31-19-15-12-16-20-31/h11-20,32-35,38-41,54H,21-24H2,1-10H3/t32-,33+,34+,35-,38-,39+,40+,41-,44-,45+,46-/m1/s1. The number of aliphatic hydroxyl groups is 1. The van der Waals surface area contributed by atoms with Crippen LogP contribution in [0.25, 0.3) is 0 Å². The van der Waals surface area contributed by atoms with E-state index in [2.05, 4.69) is 0 Å². The molecule has 15 nitrogen and oxygen atoms in total. The monoisotopic (exact) mass is 847 g/mol. The number of esters is 6. The van der Waals surface area contributed by atoms with Gasteiger partial charge in [-0.1, -0.05) is 69.3 Å². The van der Waals surface area contributed by atoms with Gasteiger partial charge in [0.1, 0.15) is 30.0 Å².